The van der Waals surface area contributed by atoms with E-state index in [0.29, 0.717) is 0 Å². The van der Waals surface area contributed by atoms with Crippen molar-refractivity contribution in [3.63, 3.8) is 0 Å². The van der Waals surface area contributed by atoms with Gasteiger partial charge >= 0.3 is 5.97 Å². The van der Waals surface area contributed by atoms with Crippen LogP contribution < -0.4 is 10.1 Å². The molecule has 0 saturated carbocycles. The van der Waals surface area contributed by atoms with Crippen molar-refractivity contribution in [1.82, 2.24) is 5.32 Å². The molecule has 0 aliphatic carbocycles. The average molecular weight is 293 g/mol. The molecule has 4 heteroatoms. The van der Waals surface area contributed by atoms with Crippen molar-refractivity contribution in [2.75, 3.05) is 20.8 Å². The van der Waals surface area contributed by atoms with Gasteiger partial charge in [-0.05, 0) is 43.5 Å². The van der Waals surface area contributed by atoms with E-state index in [2.05, 4.69) is 38.2 Å². The van der Waals surface area contributed by atoms with E-state index in [1.54, 1.807) is 14.0 Å². The fraction of sp³-hybridized carbons (Fsp3) is 0.588. The Labute approximate surface area is 127 Å². The van der Waals surface area contributed by atoms with Gasteiger partial charge in [-0.25, -0.2) is 4.79 Å². The van der Waals surface area contributed by atoms with Crippen LogP contribution in [0.5, 0.6) is 5.75 Å². The van der Waals surface area contributed by atoms with E-state index in [9.17, 15) is 4.79 Å². The van der Waals surface area contributed by atoms with Crippen molar-refractivity contribution in [3.8, 4) is 5.75 Å². The Bertz CT molecular complexity index is 467. The van der Waals surface area contributed by atoms with Crippen molar-refractivity contribution in [2.45, 2.75) is 45.1 Å². The smallest absolute Gasteiger partial charge is 0.329 e. The SMILES string of the molecule is CCC(C)(C)c1ccc(OCC(C)(NC)C(=O)OC)cc1. The van der Waals surface area contributed by atoms with Gasteiger partial charge in [0.15, 0.2) is 0 Å². The number of likely N-dealkylation sites (N-methyl/N-ethyl adjacent to an activating group) is 1. The highest BCUT2D eigenvalue weighted by Crippen LogP contribution is 2.28. The Morgan fingerprint density at radius 3 is 2.19 bits per heavy atom. The maximum atomic E-state index is 11.7. The predicted octanol–water partition coefficient (Wildman–Crippen LogP) is 2.90. The second kappa shape index (κ2) is 6.94. The second-order valence-corrected chi connectivity index (χ2v) is 6.12. The van der Waals surface area contributed by atoms with Crippen molar-refractivity contribution in [3.05, 3.63) is 29.8 Å². The molecule has 1 N–H and O–H groups in total. The summed E-state index contributed by atoms with van der Waals surface area (Å²) in [6, 6.07) is 8.04. The Hall–Kier alpha value is -1.55. The van der Waals surface area contributed by atoms with Gasteiger partial charge in [0.25, 0.3) is 0 Å². The quantitative estimate of drug-likeness (QED) is 0.785. The van der Waals surface area contributed by atoms with Crippen LogP contribution in [-0.4, -0.2) is 32.3 Å². The van der Waals surface area contributed by atoms with Crippen LogP contribution in [-0.2, 0) is 14.9 Å². The van der Waals surface area contributed by atoms with Crippen molar-refractivity contribution in [1.29, 1.82) is 0 Å². The molecule has 1 rings (SSSR count). The summed E-state index contributed by atoms with van der Waals surface area (Å²) in [7, 11) is 3.09. The largest absolute Gasteiger partial charge is 0.491 e. The lowest BCUT2D eigenvalue weighted by Crippen LogP contribution is -2.52. The molecule has 118 valence electrons. The molecular formula is C17H27NO3. The molecule has 1 aromatic rings. The molecule has 0 amide bonds. The number of esters is 1. The zero-order chi connectivity index (χ0) is 16.1. The maximum absolute atomic E-state index is 11.7. The van der Waals surface area contributed by atoms with Crippen LogP contribution in [0.4, 0.5) is 0 Å². The van der Waals surface area contributed by atoms with Gasteiger partial charge in [0.2, 0.25) is 0 Å². The molecule has 21 heavy (non-hydrogen) atoms. The Balaban J connectivity index is 2.75. The monoisotopic (exact) mass is 293 g/mol. The molecule has 0 aromatic heterocycles. The molecule has 0 aliphatic rings. The minimum absolute atomic E-state index is 0.157. The summed E-state index contributed by atoms with van der Waals surface area (Å²) in [6.45, 7) is 8.59. The number of methoxy groups -OCH3 is 1. The Morgan fingerprint density at radius 1 is 1.19 bits per heavy atom. The summed E-state index contributed by atoms with van der Waals surface area (Å²) in [5.41, 5.74) is 0.585. The van der Waals surface area contributed by atoms with E-state index in [1.165, 1.54) is 12.7 Å². The van der Waals surface area contributed by atoms with Gasteiger partial charge in [0.05, 0.1) is 7.11 Å². The third-order valence-electron chi connectivity index (χ3n) is 4.23. The van der Waals surface area contributed by atoms with Gasteiger partial charge in [0, 0.05) is 0 Å². The standard InChI is InChI=1S/C17H27NO3/c1-7-16(2,3)13-8-10-14(11-9-13)21-12-17(4,18-5)15(19)20-6/h8-11,18H,7,12H2,1-6H3. The second-order valence-electron chi connectivity index (χ2n) is 6.12. The van der Waals surface area contributed by atoms with E-state index < -0.39 is 5.54 Å². The Kier molecular flexibility index (Phi) is 5.78. The molecule has 0 radical (unpaired) electrons. The number of hydrogen-bond donors (Lipinski definition) is 1. The van der Waals surface area contributed by atoms with Crippen LogP contribution >= 0.6 is 0 Å². The third-order valence-corrected chi connectivity index (χ3v) is 4.23. The van der Waals surface area contributed by atoms with Gasteiger partial charge < -0.3 is 14.8 Å². The van der Waals surface area contributed by atoms with Crippen LogP contribution in [0.2, 0.25) is 0 Å². The fourth-order valence-corrected chi connectivity index (χ4v) is 1.89. The molecule has 1 aromatic carbocycles. The molecule has 4 nitrogen and oxygen atoms in total. The lowest BCUT2D eigenvalue weighted by atomic mass is 9.82. The summed E-state index contributed by atoms with van der Waals surface area (Å²) in [5, 5.41) is 2.94. The van der Waals surface area contributed by atoms with Crippen molar-refractivity contribution in [2.24, 2.45) is 0 Å². The van der Waals surface area contributed by atoms with Gasteiger partial charge in [0.1, 0.15) is 17.9 Å². The van der Waals surface area contributed by atoms with E-state index in [4.69, 9.17) is 9.47 Å². The van der Waals surface area contributed by atoms with Gasteiger partial charge in [-0.2, -0.15) is 0 Å². The number of carbonyl (C=O) groups excluding carboxylic acids is 1. The highest BCUT2D eigenvalue weighted by atomic mass is 16.5. The molecular weight excluding hydrogens is 266 g/mol. The van der Waals surface area contributed by atoms with E-state index >= 15 is 0 Å². The molecule has 1 atom stereocenters. The topological polar surface area (TPSA) is 47.6 Å². The van der Waals surface area contributed by atoms with E-state index in [1.807, 2.05) is 12.1 Å². The van der Waals surface area contributed by atoms with Gasteiger partial charge in [-0.3, -0.25) is 0 Å². The van der Waals surface area contributed by atoms with Crippen LogP contribution in [0.1, 0.15) is 39.7 Å². The van der Waals surface area contributed by atoms with E-state index in [-0.39, 0.29) is 18.0 Å². The normalized spacial score (nSPS) is 14.4. The zero-order valence-corrected chi connectivity index (χ0v) is 13.9. The molecule has 0 fully saturated rings. The highest BCUT2D eigenvalue weighted by Gasteiger charge is 2.33. The first kappa shape index (κ1) is 17.5. The number of rotatable bonds is 7. The number of ether oxygens (including phenoxy) is 2. The van der Waals surface area contributed by atoms with Crippen LogP contribution in [0.15, 0.2) is 24.3 Å². The first-order valence-corrected chi connectivity index (χ1v) is 7.29. The summed E-state index contributed by atoms with van der Waals surface area (Å²) in [4.78, 5) is 11.7. The van der Waals surface area contributed by atoms with Gasteiger partial charge in [-0.1, -0.05) is 32.9 Å². The summed E-state index contributed by atoms with van der Waals surface area (Å²) in [6.07, 6.45) is 1.08. The summed E-state index contributed by atoms with van der Waals surface area (Å²) in [5.74, 6) is 0.407. The molecule has 0 spiro atoms. The minimum Gasteiger partial charge on any atom is -0.491 e. The number of nitrogens with one attached hydrogen (secondary N) is 1. The van der Waals surface area contributed by atoms with Crippen molar-refractivity contribution < 1.29 is 14.3 Å². The molecule has 1 unspecified atom stereocenters. The van der Waals surface area contributed by atoms with Crippen LogP contribution in [0, 0.1) is 0 Å². The van der Waals surface area contributed by atoms with E-state index in [0.717, 1.165) is 12.2 Å². The van der Waals surface area contributed by atoms with Crippen molar-refractivity contribution >= 4 is 5.97 Å². The third kappa shape index (κ3) is 4.21. The maximum Gasteiger partial charge on any atom is 0.329 e. The first-order valence-electron chi connectivity index (χ1n) is 7.29. The van der Waals surface area contributed by atoms with Gasteiger partial charge in [-0.15, -0.1) is 0 Å². The van der Waals surface area contributed by atoms with Crippen LogP contribution in [0.3, 0.4) is 0 Å². The zero-order valence-electron chi connectivity index (χ0n) is 13.9. The number of carbonyl (C=O) groups is 1. The lowest BCUT2D eigenvalue weighted by molar-refractivity contribution is -0.148. The average Bonchev–Trinajstić information content (AvgIpc) is 2.52. The fourth-order valence-electron chi connectivity index (χ4n) is 1.89. The molecule has 0 saturated heterocycles. The molecule has 0 aliphatic heterocycles. The Morgan fingerprint density at radius 2 is 1.76 bits per heavy atom. The first-order chi connectivity index (χ1) is 9.79. The number of benzene rings is 1. The molecule has 0 bridgehead atoms. The molecule has 0 heterocycles. The van der Waals surface area contributed by atoms with Crippen LogP contribution in [0.25, 0.3) is 0 Å². The minimum atomic E-state index is -0.851. The lowest BCUT2D eigenvalue weighted by Gasteiger charge is -2.26. The predicted molar refractivity (Wildman–Crippen MR) is 84.7 cm³/mol. The number of hydrogen-bond acceptors (Lipinski definition) is 4. The summed E-state index contributed by atoms with van der Waals surface area (Å²) < 4.78 is 10.5. The summed E-state index contributed by atoms with van der Waals surface area (Å²) >= 11 is 0. The highest BCUT2D eigenvalue weighted by molar-refractivity contribution is 5.80.